The summed E-state index contributed by atoms with van der Waals surface area (Å²) in [5.74, 6) is 1.10. The number of piperazine rings is 1. The van der Waals surface area contributed by atoms with Gasteiger partial charge in [0, 0.05) is 44.3 Å². The van der Waals surface area contributed by atoms with E-state index in [2.05, 4.69) is 20.9 Å². The molecule has 4 fully saturated rings. The molecule has 2 saturated heterocycles. The van der Waals surface area contributed by atoms with E-state index in [0.29, 0.717) is 32.0 Å². The first-order valence-electron chi connectivity index (χ1n) is 16.6. The Morgan fingerprint density at radius 1 is 1.02 bits per heavy atom. The fourth-order valence-corrected chi connectivity index (χ4v) is 7.37. The van der Waals surface area contributed by atoms with E-state index in [-0.39, 0.29) is 41.8 Å². The molecule has 0 bridgehead atoms. The molecule has 6 atom stereocenters. The van der Waals surface area contributed by atoms with Crippen LogP contribution in [0.2, 0.25) is 0 Å². The topological polar surface area (TPSA) is 112 Å². The minimum absolute atomic E-state index is 0.0663. The summed E-state index contributed by atoms with van der Waals surface area (Å²) in [6, 6.07) is 6.10. The summed E-state index contributed by atoms with van der Waals surface area (Å²) in [6.45, 7) is 4.85. The SMILES string of the molecule is CN[C@@H](C)C(=O)N[C@H](C(=O)N1C[C@H]2CC(OCC3CC3)CN2CC1C(=O)N[C@@H]1CCOc2ccccc21)C1CCCCC1. The van der Waals surface area contributed by atoms with Crippen LogP contribution < -0.4 is 20.7 Å². The molecule has 1 aromatic rings. The van der Waals surface area contributed by atoms with Gasteiger partial charge in [-0.1, -0.05) is 37.5 Å². The van der Waals surface area contributed by atoms with Gasteiger partial charge >= 0.3 is 0 Å². The normalized spacial score (nSPS) is 29.1. The number of nitrogens with zero attached hydrogens (tertiary/aromatic N) is 2. The highest BCUT2D eigenvalue weighted by molar-refractivity contribution is 5.93. The lowest BCUT2D eigenvalue weighted by atomic mass is 9.82. The molecule has 10 nitrogen and oxygen atoms in total. The first-order chi connectivity index (χ1) is 20.9. The van der Waals surface area contributed by atoms with E-state index in [1.807, 2.05) is 24.3 Å². The van der Waals surface area contributed by atoms with Gasteiger partial charge in [-0.15, -0.1) is 0 Å². The molecular weight excluding hydrogens is 546 g/mol. The van der Waals surface area contributed by atoms with Gasteiger partial charge < -0.3 is 30.3 Å². The fourth-order valence-electron chi connectivity index (χ4n) is 7.37. The van der Waals surface area contributed by atoms with Crippen molar-refractivity contribution < 1.29 is 23.9 Å². The van der Waals surface area contributed by atoms with Crippen LogP contribution in [0.25, 0.3) is 0 Å². The largest absolute Gasteiger partial charge is 0.493 e. The Labute approximate surface area is 255 Å². The highest BCUT2D eigenvalue weighted by Crippen LogP contribution is 2.35. The van der Waals surface area contributed by atoms with Gasteiger partial charge in [-0.3, -0.25) is 19.3 Å². The number of carbonyl (C=O) groups is 3. The van der Waals surface area contributed by atoms with Crippen molar-refractivity contribution in [3.63, 3.8) is 0 Å². The fraction of sp³-hybridized carbons (Fsp3) is 0.727. The molecule has 3 heterocycles. The summed E-state index contributed by atoms with van der Waals surface area (Å²) in [6.07, 6.45) is 9.22. The summed E-state index contributed by atoms with van der Waals surface area (Å²) < 4.78 is 12.1. The van der Waals surface area contributed by atoms with Gasteiger partial charge in [0.05, 0.1) is 24.8 Å². The van der Waals surface area contributed by atoms with Crippen LogP contribution in [-0.4, -0.2) is 97.7 Å². The zero-order valence-corrected chi connectivity index (χ0v) is 25.8. The van der Waals surface area contributed by atoms with Crippen LogP contribution in [0.15, 0.2) is 24.3 Å². The van der Waals surface area contributed by atoms with Gasteiger partial charge in [0.2, 0.25) is 17.7 Å². The number of para-hydroxylation sites is 1. The number of hydrogen-bond donors (Lipinski definition) is 3. The van der Waals surface area contributed by atoms with Crippen molar-refractivity contribution in [1.29, 1.82) is 0 Å². The maximum Gasteiger partial charge on any atom is 0.246 e. The third-order valence-electron chi connectivity index (χ3n) is 10.3. The molecule has 0 spiro atoms. The highest BCUT2D eigenvalue weighted by atomic mass is 16.5. The minimum atomic E-state index is -0.648. The van der Waals surface area contributed by atoms with Crippen LogP contribution >= 0.6 is 0 Å². The second-order valence-electron chi connectivity index (χ2n) is 13.4. The molecule has 3 N–H and O–H groups in total. The molecule has 3 aliphatic heterocycles. The molecule has 0 aromatic heterocycles. The standard InChI is InChI=1S/C33H49N5O5/c1-21(34-2)31(39)36-30(23-8-4-3-5-9-23)33(41)38-17-24-16-25(43-20-22-12-13-22)18-37(24)19-28(38)32(40)35-27-14-15-42-29-11-7-6-10-26(27)29/h6-7,10-11,21-25,27-28,30,34H,3-5,8-9,12-20H2,1-2H3,(H,35,40)(H,36,39)/t21-,24+,25?,27+,28?,30-/m0/s1. The van der Waals surface area contributed by atoms with E-state index < -0.39 is 18.1 Å². The lowest BCUT2D eigenvalue weighted by Gasteiger charge is -2.45. The van der Waals surface area contributed by atoms with Gasteiger partial charge in [0.1, 0.15) is 17.8 Å². The van der Waals surface area contributed by atoms with Crippen molar-refractivity contribution in [2.24, 2.45) is 11.8 Å². The van der Waals surface area contributed by atoms with Gasteiger partial charge in [-0.25, -0.2) is 0 Å². The number of rotatable bonds is 10. The molecule has 236 valence electrons. The van der Waals surface area contributed by atoms with Crippen molar-refractivity contribution in [3.8, 4) is 5.75 Å². The molecule has 10 heteroatoms. The third kappa shape index (κ3) is 7.02. The van der Waals surface area contributed by atoms with Crippen LogP contribution in [0.1, 0.15) is 76.3 Å². The lowest BCUT2D eigenvalue weighted by molar-refractivity contribution is -0.149. The van der Waals surface area contributed by atoms with Crippen LogP contribution in [0.4, 0.5) is 0 Å². The highest BCUT2D eigenvalue weighted by Gasteiger charge is 2.47. The van der Waals surface area contributed by atoms with E-state index in [9.17, 15) is 14.4 Å². The average molecular weight is 596 g/mol. The average Bonchev–Trinajstić information content (AvgIpc) is 3.79. The summed E-state index contributed by atoms with van der Waals surface area (Å²) in [5, 5.41) is 9.40. The van der Waals surface area contributed by atoms with E-state index in [4.69, 9.17) is 9.47 Å². The van der Waals surface area contributed by atoms with Crippen molar-refractivity contribution in [1.82, 2.24) is 25.8 Å². The molecule has 2 unspecified atom stereocenters. The number of carbonyl (C=O) groups excluding carboxylic acids is 3. The zero-order valence-electron chi connectivity index (χ0n) is 25.8. The van der Waals surface area contributed by atoms with Gasteiger partial charge in [-0.05, 0) is 64.0 Å². The molecule has 2 aliphatic carbocycles. The summed E-state index contributed by atoms with van der Waals surface area (Å²) >= 11 is 0. The molecule has 2 saturated carbocycles. The molecule has 6 rings (SSSR count). The number of fused-ring (bicyclic) bond motifs is 2. The first-order valence-corrected chi connectivity index (χ1v) is 16.6. The second-order valence-corrected chi connectivity index (χ2v) is 13.4. The van der Waals surface area contributed by atoms with E-state index >= 15 is 0 Å². The van der Waals surface area contributed by atoms with Crippen LogP contribution in [0, 0.1) is 11.8 Å². The Bertz CT molecular complexity index is 1150. The Balaban J connectivity index is 1.24. The van der Waals surface area contributed by atoms with Crippen LogP contribution in [0.3, 0.4) is 0 Å². The van der Waals surface area contributed by atoms with Crippen molar-refractivity contribution in [2.75, 3.05) is 39.9 Å². The number of likely N-dealkylation sites (N-methyl/N-ethyl adjacent to an activating group) is 1. The Morgan fingerprint density at radius 3 is 2.58 bits per heavy atom. The molecule has 43 heavy (non-hydrogen) atoms. The van der Waals surface area contributed by atoms with Crippen molar-refractivity contribution >= 4 is 17.7 Å². The molecule has 3 amide bonds. The number of amides is 3. The van der Waals surface area contributed by atoms with Gasteiger partial charge in [0.25, 0.3) is 0 Å². The predicted octanol–water partition coefficient (Wildman–Crippen LogP) is 2.38. The Morgan fingerprint density at radius 2 is 1.81 bits per heavy atom. The first kappa shape index (κ1) is 30.3. The maximum absolute atomic E-state index is 14.6. The van der Waals surface area contributed by atoms with E-state index in [1.54, 1.807) is 18.9 Å². The minimum Gasteiger partial charge on any atom is -0.493 e. The smallest absolute Gasteiger partial charge is 0.246 e. The van der Waals surface area contributed by atoms with Gasteiger partial charge in [0.15, 0.2) is 0 Å². The quantitative estimate of drug-likeness (QED) is 0.381. The van der Waals surface area contributed by atoms with Crippen molar-refractivity contribution in [3.05, 3.63) is 29.8 Å². The number of hydrogen-bond acceptors (Lipinski definition) is 7. The van der Waals surface area contributed by atoms with E-state index in [0.717, 1.165) is 63.0 Å². The van der Waals surface area contributed by atoms with Crippen molar-refractivity contribution in [2.45, 2.75) is 101 Å². The number of nitrogens with one attached hydrogen (secondary N) is 3. The molecular formula is C33H49N5O5. The van der Waals surface area contributed by atoms with E-state index in [1.165, 1.54) is 12.8 Å². The zero-order chi connectivity index (χ0) is 29.9. The Hall–Kier alpha value is -2.69. The van der Waals surface area contributed by atoms with Crippen LogP contribution in [-0.2, 0) is 19.1 Å². The Kier molecular flexibility index (Phi) is 9.54. The number of benzene rings is 1. The molecule has 1 aromatic carbocycles. The van der Waals surface area contributed by atoms with Crippen LogP contribution in [0.5, 0.6) is 5.75 Å². The maximum atomic E-state index is 14.6. The summed E-state index contributed by atoms with van der Waals surface area (Å²) in [5.41, 5.74) is 0.969. The monoisotopic (exact) mass is 595 g/mol. The van der Waals surface area contributed by atoms with Gasteiger partial charge in [-0.2, -0.15) is 0 Å². The summed E-state index contributed by atoms with van der Waals surface area (Å²) in [4.78, 5) is 46.0. The lowest BCUT2D eigenvalue weighted by Crippen LogP contribution is -2.66. The second kappa shape index (κ2) is 13.5. The molecule has 5 aliphatic rings. The third-order valence-corrected chi connectivity index (χ3v) is 10.3. The molecule has 0 radical (unpaired) electrons. The number of ether oxygens (including phenoxy) is 2. The summed E-state index contributed by atoms with van der Waals surface area (Å²) in [7, 11) is 1.75. The predicted molar refractivity (Wildman–Crippen MR) is 162 cm³/mol.